The van der Waals surface area contributed by atoms with Gasteiger partial charge in [0.05, 0.1) is 5.69 Å². The summed E-state index contributed by atoms with van der Waals surface area (Å²) in [6.45, 7) is 0.850. The Bertz CT molecular complexity index is 466. The van der Waals surface area contributed by atoms with Crippen molar-refractivity contribution >= 4 is 11.6 Å². The molecule has 4 heteroatoms. The second-order valence-corrected chi connectivity index (χ2v) is 5.10. The Morgan fingerprint density at radius 2 is 2.11 bits per heavy atom. The molecule has 0 spiro atoms. The molecule has 0 saturated heterocycles. The Morgan fingerprint density at radius 1 is 1.33 bits per heavy atom. The van der Waals surface area contributed by atoms with Gasteiger partial charge >= 0.3 is 0 Å². The van der Waals surface area contributed by atoms with E-state index in [0.717, 1.165) is 6.54 Å². The van der Waals surface area contributed by atoms with Crippen LogP contribution in [0.15, 0.2) is 18.2 Å². The van der Waals surface area contributed by atoms with E-state index in [2.05, 4.69) is 0 Å². The van der Waals surface area contributed by atoms with Gasteiger partial charge in [-0.15, -0.1) is 0 Å². The second-order valence-electron chi connectivity index (χ2n) is 5.10. The van der Waals surface area contributed by atoms with Gasteiger partial charge in [-0.25, -0.2) is 0 Å². The number of hydrogen-bond acceptors (Lipinski definition) is 3. The van der Waals surface area contributed by atoms with Crippen LogP contribution in [0.3, 0.4) is 0 Å². The molecular formula is C14H17NO3. The number of rotatable bonds is 2. The number of fused-ring (bicyclic) bond motifs is 1. The normalized spacial score (nSPS) is 19.8. The van der Waals surface area contributed by atoms with Gasteiger partial charge in [0.25, 0.3) is 5.91 Å². The highest BCUT2D eigenvalue weighted by Crippen LogP contribution is 2.37. The van der Waals surface area contributed by atoms with Crippen molar-refractivity contribution < 1.29 is 14.6 Å². The van der Waals surface area contributed by atoms with Crippen LogP contribution < -0.4 is 9.64 Å². The lowest BCUT2D eigenvalue weighted by atomic mass is 10.1. The number of phenolic OH excluding ortho intramolecular Hbond substituents is 1. The molecule has 1 heterocycles. The van der Waals surface area contributed by atoms with E-state index < -0.39 is 0 Å². The molecule has 4 nitrogen and oxygen atoms in total. The van der Waals surface area contributed by atoms with Crippen LogP contribution in [0.1, 0.15) is 25.7 Å². The largest absolute Gasteiger partial charge is 0.508 e. The summed E-state index contributed by atoms with van der Waals surface area (Å²) < 4.78 is 5.38. The fourth-order valence-electron chi connectivity index (χ4n) is 2.84. The van der Waals surface area contributed by atoms with Crippen molar-refractivity contribution in [2.45, 2.75) is 25.7 Å². The lowest BCUT2D eigenvalue weighted by Crippen LogP contribution is -2.41. The van der Waals surface area contributed by atoms with Gasteiger partial charge in [0, 0.05) is 12.6 Å². The number of anilines is 1. The monoisotopic (exact) mass is 247 g/mol. The molecule has 1 aromatic rings. The van der Waals surface area contributed by atoms with Gasteiger partial charge in [-0.1, -0.05) is 12.8 Å². The van der Waals surface area contributed by atoms with Crippen LogP contribution in [0, 0.1) is 5.92 Å². The molecular weight excluding hydrogens is 230 g/mol. The minimum Gasteiger partial charge on any atom is -0.508 e. The summed E-state index contributed by atoms with van der Waals surface area (Å²) in [5, 5.41) is 9.56. The van der Waals surface area contributed by atoms with Crippen molar-refractivity contribution in [1.82, 2.24) is 0 Å². The number of ether oxygens (including phenoxy) is 1. The van der Waals surface area contributed by atoms with Gasteiger partial charge in [-0.05, 0) is 30.9 Å². The number of aromatic hydroxyl groups is 1. The summed E-state index contributed by atoms with van der Waals surface area (Å²) in [5.74, 6) is 1.43. The summed E-state index contributed by atoms with van der Waals surface area (Å²) >= 11 is 0. The Kier molecular flexibility index (Phi) is 2.86. The van der Waals surface area contributed by atoms with E-state index in [1.807, 2.05) is 0 Å². The summed E-state index contributed by atoms with van der Waals surface area (Å²) in [5.41, 5.74) is 0.707. The number of nitrogens with zero attached hydrogens (tertiary/aromatic N) is 1. The molecule has 1 aliphatic carbocycles. The molecule has 0 aromatic heterocycles. The summed E-state index contributed by atoms with van der Waals surface area (Å²) in [6.07, 6.45) is 4.91. The first-order chi connectivity index (χ1) is 8.74. The molecule has 18 heavy (non-hydrogen) atoms. The summed E-state index contributed by atoms with van der Waals surface area (Å²) in [7, 11) is 0. The van der Waals surface area contributed by atoms with Crippen molar-refractivity contribution in [1.29, 1.82) is 0 Å². The first-order valence-electron chi connectivity index (χ1n) is 6.50. The van der Waals surface area contributed by atoms with Crippen LogP contribution in [-0.2, 0) is 4.79 Å². The Labute approximate surface area is 106 Å². The molecule has 0 bridgehead atoms. The van der Waals surface area contributed by atoms with Crippen LogP contribution in [0.2, 0.25) is 0 Å². The molecule has 2 aliphatic rings. The zero-order valence-corrected chi connectivity index (χ0v) is 10.3. The highest BCUT2D eigenvalue weighted by atomic mass is 16.5. The van der Waals surface area contributed by atoms with E-state index in [-0.39, 0.29) is 18.3 Å². The van der Waals surface area contributed by atoms with Crippen molar-refractivity contribution in [2.24, 2.45) is 5.92 Å². The van der Waals surface area contributed by atoms with Crippen LogP contribution in [-0.4, -0.2) is 24.2 Å². The maximum atomic E-state index is 12.0. The lowest BCUT2D eigenvalue weighted by Gasteiger charge is -2.31. The predicted octanol–water partition coefficient (Wildman–Crippen LogP) is 2.31. The lowest BCUT2D eigenvalue weighted by molar-refractivity contribution is -0.121. The molecule has 1 aromatic carbocycles. The Morgan fingerprint density at radius 3 is 2.89 bits per heavy atom. The second kappa shape index (κ2) is 4.52. The molecule has 0 atom stereocenters. The molecule has 3 rings (SSSR count). The molecule has 1 saturated carbocycles. The maximum absolute atomic E-state index is 12.0. The van der Waals surface area contributed by atoms with E-state index >= 15 is 0 Å². The third-order valence-electron chi connectivity index (χ3n) is 3.80. The van der Waals surface area contributed by atoms with Gasteiger partial charge < -0.3 is 14.7 Å². The minimum absolute atomic E-state index is 0.0139. The molecule has 1 N–H and O–H groups in total. The summed E-state index contributed by atoms with van der Waals surface area (Å²) in [4.78, 5) is 13.7. The number of hydrogen-bond donors (Lipinski definition) is 1. The smallest absolute Gasteiger partial charge is 0.265 e. The average molecular weight is 247 g/mol. The fourth-order valence-corrected chi connectivity index (χ4v) is 2.84. The van der Waals surface area contributed by atoms with Gasteiger partial charge in [0.2, 0.25) is 0 Å². The van der Waals surface area contributed by atoms with Crippen LogP contribution in [0.5, 0.6) is 11.5 Å². The van der Waals surface area contributed by atoms with E-state index in [9.17, 15) is 9.90 Å². The zero-order chi connectivity index (χ0) is 12.5. The van der Waals surface area contributed by atoms with E-state index in [1.54, 1.807) is 23.1 Å². The first kappa shape index (κ1) is 11.4. The number of phenols is 1. The van der Waals surface area contributed by atoms with Gasteiger partial charge in [0.15, 0.2) is 6.61 Å². The number of carbonyl (C=O) groups excluding carboxylic acids is 1. The van der Waals surface area contributed by atoms with Crippen molar-refractivity contribution in [2.75, 3.05) is 18.1 Å². The maximum Gasteiger partial charge on any atom is 0.265 e. The van der Waals surface area contributed by atoms with Crippen molar-refractivity contribution in [3.05, 3.63) is 18.2 Å². The molecule has 0 radical (unpaired) electrons. The SMILES string of the molecule is O=C1COc2ccc(O)cc2N1CC1CCCC1. The number of carbonyl (C=O) groups is 1. The van der Waals surface area contributed by atoms with E-state index in [1.165, 1.54) is 25.7 Å². The third kappa shape index (κ3) is 2.03. The zero-order valence-electron chi connectivity index (χ0n) is 10.3. The summed E-state index contributed by atoms with van der Waals surface area (Å²) in [6, 6.07) is 4.92. The molecule has 1 aliphatic heterocycles. The van der Waals surface area contributed by atoms with E-state index in [4.69, 9.17) is 4.74 Å². The molecule has 1 amide bonds. The molecule has 0 unspecified atom stereocenters. The number of benzene rings is 1. The van der Waals surface area contributed by atoms with Crippen molar-refractivity contribution in [3.8, 4) is 11.5 Å². The van der Waals surface area contributed by atoms with Gasteiger partial charge in [0.1, 0.15) is 11.5 Å². The van der Waals surface area contributed by atoms with Gasteiger partial charge in [-0.3, -0.25) is 4.79 Å². The topological polar surface area (TPSA) is 49.8 Å². The minimum atomic E-state index is -0.0139. The standard InChI is InChI=1S/C14H17NO3/c16-11-5-6-13-12(7-11)15(14(17)9-18-13)8-10-3-1-2-4-10/h5-7,10,16H,1-4,8-9H2. The predicted molar refractivity (Wildman–Crippen MR) is 67.9 cm³/mol. The number of amides is 1. The highest BCUT2D eigenvalue weighted by Gasteiger charge is 2.29. The molecule has 1 fully saturated rings. The first-order valence-corrected chi connectivity index (χ1v) is 6.50. The Hall–Kier alpha value is -1.71. The van der Waals surface area contributed by atoms with Crippen LogP contribution in [0.4, 0.5) is 5.69 Å². The van der Waals surface area contributed by atoms with Crippen LogP contribution in [0.25, 0.3) is 0 Å². The Balaban J connectivity index is 1.88. The van der Waals surface area contributed by atoms with Gasteiger partial charge in [-0.2, -0.15) is 0 Å². The fraction of sp³-hybridized carbons (Fsp3) is 0.500. The average Bonchev–Trinajstić information content (AvgIpc) is 2.86. The quantitative estimate of drug-likeness (QED) is 0.872. The van der Waals surface area contributed by atoms with Crippen LogP contribution >= 0.6 is 0 Å². The molecule has 96 valence electrons. The highest BCUT2D eigenvalue weighted by molar-refractivity contribution is 5.98. The third-order valence-corrected chi connectivity index (χ3v) is 3.80. The van der Waals surface area contributed by atoms with Crippen molar-refractivity contribution in [3.63, 3.8) is 0 Å². The van der Waals surface area contributed by atoms with E-state index in [0.29, 0.717) is 17.4 Å².